The smallest absolute Gasteiger partial charge is 0.267 e. The van der Waals surface area contributed by atoms with E-state index in [4.69, 9.17) is 16.6 Å². The molecule has 11 heteroatoms. The Morgan fingerprint density at radius 2 is 2.00 bits per heavy atom. The Morgan fingerprint density at radius 3 is 2.71 bits per heavy atom. The van der Waals surface area contributed by atoms with Crippen molar-refractivity contribution in [2.75, 3.05) is 35.2 Å². The van der Waals surface area contributed by atoms with Gasteiger partial charge in [0.15, 0.2) is 5.13 Å². The number of rotatable bonds is 7. The number of hydrogen-bond acceptors (Lipinski definition) is 9. The minimum absolute atomic E-state index is 0.223. The maximum absolute atomic E-state index is 12.8. The Labute approximate surface area is 206 Å². The Balaban J connectivity index is 1.32. The second kappa shape index (κ2) is 9.81. The maximum Gasteiger partial charge on any atom is 0.267 e. The lowest BCUT2D eigenvalue weighted by molar-refractivity contribution is 0.103. The first-order chi connectivity index (χ1) is 16.5. The maximum atomic E-state index is 12.8. The van der Waals surface area contributed by atoms with Gasteiger partial charge in [-0.25, -0.2) is 4.98 Å². The number of nitrogens with zero attached hydrogens (tertiary/aromatic N) is 5. The van der Waals surface area contributed by atoms with E-state index in [9.17, 15) is 9.90 Å². The van der Waals surface area contributed by atoms with Gasteiger partial charge < -0.3 is 15.3 Å². The van der Waals surface area contributed by atoms with Crippen molar-refractivity contribution < 1.29 is 9.90 Å². The first-order valence-electron chi connectivity index (χ1n) is 11.4. The van der Waals surface area contributed by atoms with Crippen molar-refractivity contribution in [1.29, 1.82) is 0 Å². The number of halogens is 1. The zero-order valence-electron chi connectivity index (χ0n) is 18.8. The summed E-state index contributed by atoms with van der Waals surface area (Å²) in [5.41, 5.74) is 1.48. The molecule has 0 atom stereocenters. The third kappa shape index (κ3) is 5.13. The molecule has 178 valence electrons. The summed E-state index contributed by atoms with van der Waals surface area (Å²) in [7, 11) is 0. The second-order valence-corrected chi connectivity index (χ2v) is 10.2. The van der Waals surface area contributed by atoms with E-state index in [-0.39, 0.29) is 12.5 Å². The predicted octanol–water partition coefficient (Wildman–Crippen LogP) is 4.37. The van der Waals surface area contributed by atoms with Gasteiger partial charge in [0.1, 0.15) is 10.7 Å². The molecule has 1 aliphatic heterocycles. The Hall–Kier alpha value is -2.82. The second-order valence-electron chi connectivity index (χ2n) is 8.75. The Kier molecular flexibility index (Phi) is 6.62. The van der Waals surface area contributed by atoms with Crippen molar-refractivity contribution in [3.05, 3.63) is 45.7 Å². The van der Waals surface area contributed by atoms with Crippen molar-refractivity contribution in [2.24, 2.45) is 5.92 Å². The molecule has 34 heavy (non-hydrogen) atoms. The molecule has 1 aromatic carbocycles. The molecule has 1 aliphatic carbocycles. The van der Waals surface area contributed by atoms with Crippen LogP contribution in [0.1, 0.15) is 52.7 Å². The highest BCUT2D eigenvalue weighted by molar-refractivity contribution is 7.17. The number of amides is 1. The van der Waals surface area contributed by atoms with E-state index in [0.717, 1.165) is 50.2 Å². The molecule has 9 nitrogen and oxygen atoms in total. The monoisotopic (exact) mass is 499 g/mol. The van der Waals surface area contributed by atoms with Gasteiger partial charge >= 0.3 is 0 Å². The number of piperidine rings is 1. The summed E-state index contributed by atoms with van der Waals surface area (Å²) in [5.74, 6) is 2.31. The summed E-state index contributed by atoms with van der Waals surface area (Å²) in [6, 6.07) is 5.48. The topological polar surface area (TPSA) is 116 Å². The molecule has 3 heterocycles. The molecule has 1 saturated carbocycles. The van der Waals surface area contributed by atoms with E-state index in [1.807, 2.05) is 19.1 Å². The molecule has 3 aromatic rings. The molecular weight excluding hydrogens is 474 g/mol. The SMILES string of the molecule is Cc1cccc(Cl)c1NC(=O)c1cnc(Nc2nc(C3CC3)nc(N3CCC(CO)CC3)n2)s1. The largest absolute Gasteiger partial charge is 0.396 e. The average Bonchev–Trinajstić information content (AvgIpc) is 3.60. The fraction of sp³-hybridized carbons (Fsp3) is 0.435. The minimum Gasteiger partial charge on any atom is -0.396 e. The first-order valence-corrected chi connectivity index (χ1v) is 12.6. The summed E-state index contributed by atoms with van der Waals surface area (Å²) < 4.78 is 0. The fourth-order valence-corrected chi connectivity index (χ4v) is 4.89. The molecular formula is C23H26ClN7O2S. The van der Waals surface area contributed by atoms with Gasteiger partial charge in [0.2, 0.25) is 11.9 Å². The van der Waals surface area contributed by atoms with Gasteiger partial charge in [-0.3, -0.25) is 10.1 Å². The molecule has 5 rings (SSSR count). The number of anilines is 4. The lowest BCUT2D eigenvalue weighted by Crippen LogP contribution is -2.36. The number of aliphatic hydroxyl groups excluding tert-OH is 1. The van der Waals surface area contributed by atoms with E-state index >= 15 is 0 Å². The van der Waals surface area contributed by atoms with Crippen LogP contribution in [0.15, 0.2) is 24.4 Å². The van der Waals surface area contributed by atoms with Gasteiger partial charge in [-0.15, -0.1) is 0 Å². The number of hydrogen-bond donors (Lipinski definition) is 3. The van der Waals surface area contributed by atoms with Gasteiger partial charge in [-0.2, -0.15) is 15.0 Å². The summed E-state index contributed by atoms with van der Waals surface area (Å²) in [6.07, 6.45) is 5.52. The molecule has 3 N–H and O–H groups in total. The number of carbonyl (C=O) groups excluding carboxylic acids is 1. The Morgan fingerprint density at radius 1 is 1.21 bits per heavy atom. The molecule has 1 amide bonds. The van der Waals surface area contributed by atoms with Crippen LogP contribution in [0, 0.1) is 12.8 Å². The van der Waals surface area contributed by atoms with Crippen molar-refractivity contribution in [2.45, 2.75) is 38.5 Å². The van der Waals surface area contributed by atoms with Crippen LogP contribution in [0.5, 0.6) is 0 Å². The summed E-state index contributed by atoms with van der Waals surface area (Å²) in [4.78, 5) is 33.7. The van der Waals surface area contributed by atoms with Crippen molar-refractivity contribution in [3.8, 4) is 0 Å². The van der Waals surface area contributed by atoms with E-state index < -0.39 is 0 Å². The van der Waals surface area contributed by atoms with Crippen LogP contribution in [-0.2, 0) is 0 Å². The molecule has 0 radical (unpaired) electrons. The van der Waals surface area contributed by atoms with Crippen molar-refractivity contribution in [3.63, 3.8) is 0 Å². The van der Waals surface area contributed by atoms with Gasteiger partial charge in [0.25, 0.3) is 5.91 Å². The lowest BCUT2D eigenvalue weighted by Gasteiger charge is -2.31. The van der Waals surface area contributed by atoms with Gasteiger partial charge in [-0.05, 0) is 50.2 Å². The number of benzene rings is 1. The number of aryl methyl sites for hydroxylation is 1. The van der Waals surface area contributed by atoms with Crippen LogP contribution < -0.4 is 15.5 Å². The molecule has 2 aliphatic rings. The number of carbonyl (C=O) groups is 1. The normalized spacial score (nSPS) is 16.5. The summed E-state index contributed by atoms with van der Waals surface area (Å²) in [6.45, 7) is 3.73. The highest BCUT2D eigenvalue weighted by Crippen LogP contribution is 2.39. The summed E-state index contributed by atoms with van der Waals surface area (Å²) in [5, 5.41) is 16.5. The highest BCUT2D eigenvalue weighted by Gasteiger charge is 2.29. The number of para-hydroxylation sites is 1. The molecule has 2 fully saturated rings. The minimum atomic E-state index is -0.275. The average molecular weight is 500 g/mol. The van der Waals surface area contributed by atoms with E-state index in [1.54, 1.807) is 6.07 Å². The van der Waals surface area contributed by atoms with Crippen LogP contribution in [0.4, 0.5) is 22.7 Å². The predicted molar refractivity (Wildman–Crippen MR) is 133 cm³/mol. The molecule has 0 spiro atoms. The lowest BCUT2D eigenvalue weighted by atomic mass is 9.98. The highest BCUT2D eigenvalue weighted by atomic mass is 35.5. The molecule has 0 bridgehead atoms. The van der Waals surface area contributed by atoms with Crippen molar-refractivity contribution in [1.82, 2.24) is 19.9 Å². The van der Waals surface area contributed by atoms with Crippen LogP contribution in [0.25, 0.3) is 0 Å². The van der Waals surface area contributed by atoms with E-state index in [2.05, 4.69) is 30.5 Å². The van der Waals surface area contributed by atoms with Crippen molar-refractivity contribution >= 4 is 51.6 Å². The zero-order chi connectivity index (χ0) is 23.7. The van der Waals surface area contributed by atoms with Crippen LogP contribution >= 0.6 is 22.9 Å². The zero-order valence-corrected chi connectivity index (χ0v) is 20.4. The van der Waals surface area contributed by atoms with Crippen LogP contribution in [-0.4, -0.2) is 50.6 Å². The fourth-order valence-electron chi connectivity index (χ4n) is 3.92. The quantitative estimate of drug-likeness (QED) is 0.438. The van der Waals surface area contributed by atoms with E-state index in [0.29, 0.717) is 44.5 Å². The van der Waals surface area contributed by atoms with Gasteiger partial charge in [0.05, 0.1) is 16.9 Å². The Bertz CT molecular complexity index is 1170. The van der Waals surface area contributed by atoms with E-state index in [1.165, 1.54) is 17.5 Å². The number of thiazole rings is 1. The number of nitrogens with one attached hydrogen (secondary N) is 2. The van der Waals surface area contributed by atoms with Gasteiger partial charge in [0, 0.05) is 25.6 Å². The molecule has 1 saturated heterocycles. The molecule has 2 aromatic heterocycles. The molecule has 0 unspecified atom stereocenters. The summed E-state index contributed by atoms with van der Waals surface area (Å²) >= 11 is 7.46. The third-order valence-electron chi connectivity index (χ3n) is 6.15. The number of aliphatic hydroxyl groups is 1. The third-order valence-corrected chi connectivity index (χ3v) is 7.37. The first kappa shape index (κ1) is 22.9. The standard InChI is InChI=1S/C23H26ClN7O2S/c1-13-3-2-4-16(24)18(13)26-20(33)17-11-25-23(34-17)30-21-27-19(15-5-6-15)28-22(29-21)31-9-7-14(12-32)8-10-31/h2-4,11,14-15,32H,5-10,12H2,1H3,(H,26,33)(H,25,27,28,29,30). The van der Waals surface area contributed by atoms with Crippen LogP contribution in [0.2, 0.25) is 5.02 Å². The van der Waals surface area contributed by atoms with Gasteiger partial charge in [-0.1, -0.05) is 35.1 Å². The number of aromatic nitrogens is 4. The van der Waals surface area contributed by atoms with Crippen LogP contribution in [0.3, 0.4) is 0 Å².